The average Bonchev–Trinajstić information content (AvgIpc) is 2.98. The summed E-state index contributed by atoms with van der Waals surface area (Å²) < 4.78 is 11.3. The Hall–Kier alpha value is -0.157. The van der Waals surface area contributed by atoms with Gasteiger partial charge < -0.3 is 0 Å². The van der Waals surface area contributed by atoms with Crippen LogP contribution in [0.2, 0.25) is 24.8 Å². The van der Waals surface area contributed by atoms with Crippen LogP contribution in [0.25, 0.3) is 0 Å². The van der Waals surface area contributed by atoms with Crippen molar-refractivity contribution >= 4 is 0 Å². The molecule has 1 saturated heterocycles. The summed E-state index contributed by atoms with van der Waals surface area (Å²) in [5.74, 6) is 3.50. The van der Waals surface area contributed by atoms with Gasteiger partial charge in [-0.1, -0.05) is 0 Å². The molecule has 1 heterocycles. The zero-order valence-corrected chi connectivity index (χ0v) is 17.3. The minimum absolute atomic E-state index is 0.866. The second kappa shape index (κ2) is 4.32. The molecule has 1 heteroatoms. The van der Waals surface area contributed by atoms with Crippen LogP contribution in [0, 0.1) is 23.7 Å². The topological polar surface area (TPSA) is 0 Å². The molecule has 0 spiro atoms. The molecule has 6 atom stereocenters. The molecule has 5 rings (SSSR count). The number of allylic oxidation sites excluding steroid dienone is 8. The predicted octanol–water partition coefficient (Wildman–Crippen LogP) is 7.04. The second-order valence-electron chi connectivity index (χ2n) is 11.2. The van der Waals surface area contributed by atoms with Crippen LogP contribution in [0.1, 0.15) is 25.7 Å². The van der Waals surface area contributed by atoms with E-state index < -0.39 is 17.3 Å². The quantitative estimate of drug-likeness (QED) is 0.476. The van der Waals surface area contributed by atoms with E-state index in [4.69, 9.17) is 0 Å². The Kier molecular flexibility index (Phi) is 2.84. The Morgan fingerprint density at radius 2 is 1.04 bits per heavy atom. The summed E-state index contributed by atoms with van der Waals surface area (Å²) in [5, 5.41) is 0. The van der Waals surface area contributed by atoms with Crippen LogP contribution in [0.4, 0.5) is 0 Å². The van der Waals surface area contributed by atoms with Crippen molar-refractivity contribution in [2.24, 2.45) is 23.7 Å². The van der Waals surface area contributed by atoms with E-state index in [0.717, 1.165) is 30.9 Å². The van der Waals surface area contributed by atoms with Gasteiger partial charge >= 0.3 is 140 Å². The summed E-state index contributed by atoms with van der Waals surface area (Å²) in [7, 11) is 0. The van der Waals surface area contributed by atoms with E-state index in [9.17, 15) is 0 Å². The zero-order valence-electron chi connectivity index (χ0n) is 14.8. The Morgan fingerprint density at radius 3 is 1.48 bits per heavy atom. The molecule has 2 saturated carbocycles. The van der Waals surface area contributed by atoms with Crippen molar-refractivity contribution in [3.05, 3.63) is 48.6 Å². The van der Waals surface area contributed by atoms with Gasteiger partial charge in [-0.2, -0.15) is 0 Å². The fourth-order valence-corrected chi connectivity index (χ4v) is 42.2. The normalized spacial score (nSPS) is 52.8. The summed E-state index contributed by atoms with van der Waals surface area (Å²) in [6.07, 6.45) is 25.6. The Bertz CT molecular complexity index is 616. The van der Waals surface area contributed by atoms with Crippen molar-refractivity contribution in [1.29, 1.82) is 0 Å². The van der Waals surface area contributed by atoms with E-state index in [2.05, 4.69) is 57.9 Å². The van der Waals surface area contributed by atoms with Crippen molar-refractivity contribution < 1.29 is 17.3 Å². The van der Waals surface area contributed by atoms with Gasteiger partial charge in [-0.15, -0.1) is 0 Å². The van der Waals surface area contributed by atoms with Crippen molar-refractivity contribution in [1.82, 2.24) is 0 Å². The van der Waals surface area contributed by atoms with Crippen LogP contribution in [-0.4, -0.2) is 0 Å². The third kappa shape index (κ3) is 1.81. The first-order valence-corrected chi connectivity index (χ1v) is 21.3. The Morgan fingerprint density at radius 1 is 0.609 bits per heavy atom. The molecule has 0 aromatic rings. The molecule has 1 aliphatic heterocycles. The fourth-order valence-electron chi connectivity index (χ4n) is 8.01. The molecule has 124 valence electrons. The van der Waals surface area contributed by atoms with E-state index >= 15 is 0 Å². The van der Waals surface area contributed by atoms with Gasteiger partial charge in [0, 0.05) is 0 Å². The number of hydrogen-bond donors (Lipinski definition) is 0. The Labute approximate surface area is 139 Å². The van der Waals surface area contributed by atoms with Crippen molar-refractivity contribution in [3.8, 4) is 0 Å². The predicted molar refractivity (Wildman–Crippen MR) is 97.8 cm³/mol. The molecule has 23 heavy (non-hydrogen) atoms. The molecule has 0 N–H and O–H groups in total. The van der Waals surface area contributed by atoms with E-state index in [1.165, 1.54) is 25.7 Å². The summed E-state index contributed by atoms with van der Waals surface area (Å²) in [6.45, 7) is 0. The van der Waals surface area contributed by atoms with Gasteiger partial charge in [-0.3, -0.25) is 0 Å². The molecule has 0 nitrogen and oxygen atoms in total. The second-order valence-corrected chi connectivity index (χ2v) is 38.4. The third-order valence-electron chi connectivity index (χ3n) is 9.93. The third-order valence-corrected chi connectivity index (χ3v) is 36.8. The maximum absolute atomic E-state index is 3.12. The molecule has 0 bridgehead atoms. The van der Waals surface area contributed by atoms with Gasteiger partial charge in [0.15, 0.2) is 0 Å². The first-order valence-electron chi connectivity index (χ1n) is 10.1. The zero-order chi connectivity index (χ0) is 15.8. The van der Waals surface area contributed by atoms with E-state index in [-0.39, 0.29) is 0 Å². The van der Waals surface area contributed by atoms with Gasteiger partial charge in [0.1, 0.15) is 0 Å². The van der Waals surface area contributed by atoms with Crippen molar-refractivity contribution in [3.63, 3.8) is 0 Å². The van der Waals surface area contributed by atoms with Gasteiger partial charge in [-0.05, 0) is 0 Å². The van der Waals surface area contributed by atoms with Gasteiger partial charge in [0.05, 0.1) is 0 Å². The molecule has 0 radical (unpaired) electrons. The van der Waals surface area contributed by atoms with Crippen LogP contribution in [-0.2, 0) is 17.3 Å². The van der Waals surface area contributed by atoms with Crippen LogP contribution in [0.5, 0.6) is 0 Å². The van der Waals surface area contributed by atoms with E-state index in [1.54, 1.807) is 8.26 Å². The van der Waals surface area contributed by atoms with Crippen molar-refractivity contribution in [2.75, 3.05) is 0 Å². The van der Waals surface area contributed by atoms with Crippen molar-refractivity contribution in [2.45, 2.75) is 50.5 Å². The molecule has 5 aliphatic rings. The van der Waals surface area contributed by atoms with Gasteiger partial charge in [0.2, 0.25) is 0 Å². The van der Waals surface area contributed by atoms with Crippen LogP contribution in [0.3, 0.4) is 0 Å². The van der Waals surface area contributed by atoms with Gasteiger partial charge in [0.25, 0.3) is 0 Å². The van der Waals surface area contributed by atoms with E-state index in [1.807, 2.05) is 0 Å². The van der Waals surface area contributed by atoms with Gasteiger partial charge in [-0.25, -0.2) is 0 Å². The molecule has 0 aromatic carbocycles. The molecule has 4 aliphatic carbocycles. The summed E-state index contributed by atoms with van der Waals surface area (Å²) >= 11 is -3.12. The monoisotopic (exact) mass is 386 g/mol. The molecular formula is C22H32Zr. The summed E-state index contributed by atoms with van der Waals surface area (Å²) in [6, 6.07) is 0. The summed E-state index contributed by atoms with van der Waals surface area (Å²) in [4.78, 5) is 0. The Balaban J connectivity index is 1.57. The molecule has 6 unspecified atom stereocenters. The maximum atomic E-state index is 2.93. The van der Waals surface area contributed by atoms with Crippen LogP contribution < -0.4 is 0 Å². The number of rotatable bonds is 2. The standard InChI is InChI=1S/2C9H11.C2H4.2CH3.Zr/c2*1-2-5-9-7-3-6-8(9)4-1;1-2;;;/h2*1-2,4-6,8-9H,3,7H2;1-2H2;2*1H3;. The average molecular weight is 388 g/mol. The fraction of sp³-hybridized carbons (Fsp3) is 0.636. The summed E-state index contributed by atoms with van der Waals surface area (Å²) in [5.41, 5.74) is 0. The van der Waals surface area contributed by atoms with Crippen LogP contribution >= 0.6 is 0 Å². The number of fused-ring (bicyclic) bond motifs is 2. The minimum atomic E-state index is -3.12. The molecule has 0 aromatic heterocycles. The number of hydrogen-bond acceptors (Lipinski definition) is 0. The van der Waals surface area contributed by atoms with E-state index in [0.29, 0.717) is 0 Å². The van der Waals surface area contributed by atoms with Crippen LogP contribution in [0.15, 0.2) is 48.6 Å². The first kappa shape index (κ1) is 15.1. The first-order chi connectivity index (χ1) is 11.0. The SMILES string of the molecule is [CH3][Zr]1([CH3])([CH]2CCC3C=CC=CC32)([CH]2CCC3C=CC=CC32)[CH2][CH2]1. The molecule has 0 amide bonds. The molecule has 3 fully saturated rings. The molecular weight excluding hydrogens is 355 g/mol.